The molecule has 0 aliphatic carbocycles. The number of nitrogens with zero attached hydrogens (tertiary/aromatic N) is 2. The van der Waals surface area contributed by atoms with Crippen molar-refractivity contribution < 1.29 is 14.6 Å². The highest BCUT2D eigenvalue weighted by Crippen LogP contribution is 2.28. The second kappa shape index (κ2) is 6.31. The van der Waals surface area contributed by atoms with Gasteiger partial charge in [-0.2, -0.15) is 4.98 Å². The van der Waals surface area contributed by atoms with Crippen LogP contribution in [0.2, 0.25) is 5.02 Å². The SMILES string of the molecule is NC(=O)c1n[c]c(-c2ccc(Cl)cc2)c(OCCO)n1. The van der Waals surface area contributed by atoms with E-state index in [1.165, 1.54) is 0 Å². The number of aromatic nitrogens is 2. The predicted molar refractivity (Wildman–Crippen MR) is 72.4 cm³/mol. The lowest BCUT2D eigenvalue weighted by Crippen LogP contribution is -2.16. The van der Waals surface area contributed by atoms with Gasteiger partial charge in [-0.1, -0.05) is 23.7 Å². The summed E-state index contributed by atoms with van der Waals surface area (Å²) in [5.41, 5.74) is 6.29. The highest BCUT2D eigenvalue weighted by molar-refractivity contribution is 6.30. The van der Waals surface area contributed by atoms with E-state index in [9.17, 15) is 4.79 Å². The number of benzene rings is 1. The molecule has 3 N–H and O–H groups in total. The molecule has 103 valence electrons. The van der Waals surface area contributed by atoms with Gasteiger partial charge < -0.3 is 15.6 Å². The van der Waals surface area contributed by atoms with Crippen LogP contribution in [0.3, 0.4) is 0 Å². The van der Waals surface area contributed by atoms with Gasteiger partial charge in [-0.3, -0.25) is 4.79 Å². The van der Waals surface area contributed by atoms with Crippen LogP contribution < -0.4 is 10.5 Å². The van der Waals surface area contributed by atoms with Crippen molar-refractivity contribution in [2.24, 2.45) is 5.73 Å². The van der Waals surface area contributed by atoms with Crippen LogP contribution in [0.25, 0.3) is 11.1 Å². The molecule has 1 heterocycles. The number of hydrogen-bond donors (Lipinski definition) is 2. The summed E-state index contributed by atoms with van der Waals surface area (Å²) in [6, 6.07) is 6.88. The van der Waals surface area contributed by atoms with Crippen LogP contribution in [0.4, 0.5) is 0 Å². The highest BCUT2D eigenvalue weighted by Gasteiger charge is 2.14. The average molecular weight is 293 g/mol. The number of primary amides is 1. The van der Waals surface area contributed by atoms with Crippen LogP contribution in [0.1, 0.15) is 10.6 Å². The zero-order valence-electron chi connectivity index (χ0n) is 10.3. The van der Waals surface area contributed by atoms with Gasteiger partial charge in [0.15, 0.2) is 0 Å². The van der Waals surface area contributed by atoms with Crippen molar-refractivity contribution in [3.8, 4) is 17.0 Å². The van der Waals surface area contributed by atoms with E-state index in [-0.39, 0.29) is 24.9 Å². The summed E-state index contributed by atoms with van der Waals surface area (Å²) in [7, 11) is 0. The van der Waals surface area contributed by atoms with Crippen molar-refractivity contribution in [1.82, 2.24) is 9.97 Å². The normalized spacial score (nSPS) is 10.3. The minimum Gasteiger partial charge on any atom is -0.475 e. The molecule has 7 heteroatoms. The van der Waals surface area contributed by atoms with E-state index in [0.29, 0.717) is 10.6 Å². The first kappa shape index (κ1) is 14.2. The molecule has 0 fully saturated rings. The Kier molecular flexibility index (Phi) is 4.49. The summed E-state index contributed by atoms with van der Waals surface area (Å²) < 4.78 is 5.29. The maximum absolute atomic E-state index is 11.1. The number of carbonyl (C=O) groups excluding carboxylic acids is 1. The topological polar surface area (TPSA) is 98.3 Å². The van der Waals surface area contributed by atoms with Crippen molar-refractivity contribution in [2.75, 3.05) is 13.2 Å². The third-order valence-electron chi connectivity index (χ3n) is 2.38. The van der Waals surface area contributed by atoms with Gasteiger partial charge in [0, 0.05) is 5.02 Å². The van der Waals surface area contributed by atoms with E-state index in [2.05, 4.69) is 16.2 Å². The molecular formula is C13H11ClN3O3. The first-order valence-electron chi connectivity index (χ1n) is 5.71. The fourth-order valence-electron chi connectivity index (χ4n) is 1.50. The van der Waals surface area contributed by atoms with E-state index in [0.717, 1.165) is 5.56 Å². The van der Waals surface area contributed by atoms with Crippen molar-refractivity contribution in [2.45, 2.75) is 0 Å². The van der Waals surface area contributed by atoms with Crippen LogP contribution in [0.15, 0.2) is 24.3 Å². The largest absolute Gasteiger partial charge is 0.475 e. The van der Waals surface area contributed by atoms with Gasteiger partial charge in [0.1, 0.15) is 12.8 Å². The molecule has 0 saturated heterocycles. The van der Waals surface area contributed by atoms with Crippen molar-refractivity contribution >= 4 is 17.5 Å². The molecule has 1 radical (unpaired) electrons. The molecule has 0 saturated carbocycles. The van der Waals surface area contributed by atoms with Crippen LogP contribution in [-0.2, 0) is 0 Å². The molecule has 2 aromatic rings. The van der Waals surface area contributed by atoms with Crippen LogP contribution in [0.5, 0.6) is 5.88 Å². The Morgan fingerprint density at radius 1 is 1.40 bits per heavy atom. The summed E-state index contributed by atoms with van der Waals surface area (Å²) in [6.07, 6.45) is 2.67. The molecule has 0 aliphatic rings. The minimum absolute atomic E-state index is 0.0314. The van der Waals surface area contributed by atoms with E-state index >= 15 is 0 Å². The third-order valence-corrected chi connectivity index (χ3v) is 2.63. The number of amides is 1. The van der Waals surface area contributed by atoms with Gasteiger partial charge in [-0.05, 0) is 17.7 Å². The number of aliphatic hydroxyl groups excluding tert-OH is 1. The quantitative estimate of drug-likeness (QED) is 0.859. The number of ether oxygens (including phenoxy) is 1. The monoisotopic (exact) mass is 292 g/mol. The zero-order chi connectivity index (χ0) is 14.5. The smallest absolute Gasteiger partial charge is 0.286 e. The Balaban J connectivity index is 2.45. The van der Waals surface area contributed by atoms with Crippen molar-refractivity contribution in [1.29, 1.82) is 0 Å². The number of nitrogens with two attached hydrogens (primary N) is 1. The lowest BCUT2D eigenvalue weighted by Gasteiger charge is -2.09. The molecule has 0 unspecified atom stereocenters. The maximum atomic E-state index is 11.1. The number of rotatable bonds is 5. The molecular weight excluding hydrogens is 282 g/mol. The fraction of sp³-hybridized carbons (Fsp3) is 0.154. The molecule has 0 atom stereocenters. The van der Waals surface area contributed by atoms with Crippen LogP contribution in [-0.4, -0.2) is 34.2 Å². The van der Waals surface area contributed by atoms with Gasteiger partial charge in [0.25, 0.3) is 5.91 Å². The van der Waals surface area contributed by atoms with Crippen LogP contribution in [0, 0.1) is 6.20 Å². The minimum atomic E-state index is -0.780. The van der Waals surface area contributed by atoms with Crippen molar-refractivity contribution in [3.05, 3.63) is 41.3 Å². The molecule has 1 aromatic heterocycles. The summed E-state index contributed by atoms with van der Waals surface area (Å²) >= 11 is 5.82. The first-order valence-corrected chi connectivity index (χ1v) is 6.08. The molecule has 20 heavy (non-hydrogen) atoms. The number of carbonyl (C=O) groups is 1. The second-order valence-electron chi connectivity index (χ2n) is 3.78. The summed E-state index contributed by atoms with van der Waals surface area (Å²) in [5.74, 6) is -0.849. The highest BCUT2D eigenvalue weighted by atomic mass is 35.5. The molecule has 1 amide bonds. The third kappa shape index (κ3) is 3.23. The van der Waals surface area contributed by atoms with Gasteiger partial charge in [-0.15, -0.1) is 0 Å². The lowest BCUT2D eigenvalue weighted by atomic mass is 10.1. The second-order valence-corrected chi connectivity index (χ2v) is 4.22. The first-order chi connectivity index (χ1) is 9.61. The van der Waals surface area contributed by atoms with Crippen LogP contribution >= 0.6 is 11.6 Å². The van der Waals surface area contributed by atoms with Gasteiger partial charge >= 0.3 is 0 Å². The zero-order valence-corrected chi connectivity index (χ0v) is 11.1. The Labute approximate surface area is 120 Å². The van der Waals surface area contributed by atoms with Crippen molar-refractivity contribution in [3.63, 3.8) is 0 Å². The summed E-state index contributed by atoms with van der Waals surface area (Å²) in [6.45, 7) is -0.153. The Morgan fingerprint density at radius 3 is 2.70 bits per heavy atom. The molecule has 0 aliphatic heterocycles. The predicted octanol–water partition coefficient (Wildman–Crippen LogP) is 1.07. The number of halogens is 1. The lowest BCUT2D eigenvalue weighted by molar-refractivity contribution is 0.0988. The fourth-order valence-corrected chi connectivity index (χ4v) is 1.62. The van der Waals surface area contributed by atoms with Gasteiger partial charge in [0.05, 0.1) is 12.2 Å². The Hall–Kier alpha value is -2.18. The molecule has 0 spiro atoms. The average Bonchev–Trinajstić information content (AvgIpc) is 2.45. The number of hydrogen-bond acceptors (Lipinski definition) is 5. The van der Waals surface area contributed by atoms with Gasteiger partial charge in [-0.25, -0.2) is 4.98 Å². The maximum Gasteiger partial charge on any atom is 0.286 e. The summed E-state index contributed by atoms with van der Waals surface area (Å²) in [5, 5.41) is 9.40. The molecule has 6 nitrogen and oxygen atoms in total. The Bertz CT molecular complexity index is 617. The standard InChI is InChI=1S/C13H11ClN3O3/c14-9-3-1-8(2-4-9)10-7-16-12(11(15)19)17-13(10)20-6-5-18/h1-4,18H,5-6H2,(H2,15,19). The molecule has 0 bridgehead atoms. The molecule has 2 rings (SSSR count). The van der Waals surface area contributed by atoms with E-state index in [1.807, 2.05) is 0 Å². The Morgan fingerprint density at radius 2 is 2.10 bits per heavy atom. The van der Waals surface area contributed by atoms with E-state index in [1.54, 1.807) is 24.3 Å². The van der Waals surface area contributed by atoms with E-state index < -0.39 is 5.91 Å². The van der Waals surface area contributed by atoms with E-state index in [4.69, 9.17) is 27.2 Å². The van der Waals surface area contributed by atoms with Gasteiger partial charge in [0.2, 0.25) is 11.7 Å². The number of aliphatic hydroxyl groups is 1. The molecule has 1 aromatic carbocycles. The summed E-state index contributed by atoms with van der Waals surface area (Å²) in [4.78, 5) is 18.8.